The minimum absolute atomic E-state index is 0.0182. The molecule has 0 N–H and O–H groups in total. The zero-order chi connectivity index (χ0) is 16.3. The van der Waals surface area contributed by atoms with Gasteiger partial charge in [0.05, 0.1) is 11.0 Å². The molecule has 0 spiro atoms. The number of carbonyl (C=O) groups excluding carboxylic acids is 1. The highest BCUT2D eigenvalue weighted by molar-refractivity contribution is 7.91. The Kier molecular flexibility index (Phi) is 4.42. The lowest BCUT2D eigenvalue weighted by Crippen LogP contribution is -2.36. The van der Waals surface area contributed by atoms with Crippen molar-refractivity contribution < 1.29 is 13.2 Å². The van der Waals surface area contributed by atoms with E-state index < -0.39 is 15.1 Å². The summed E-state index contributed by atoms with van der Waals surface area (Å²) in [5, 5.41) is 3.36. The number of amides is 1. The van der Waals surface area contributed by atoms with E-state index in [2.05, 4.69) is 10.1 Å². The first-order valence-electron chi connectivity index (χ1n) is 7.43. The molecule has 0 radical (unpaired) electrons. The molecule has 1 atom stereocenters. The number of hydrogen-bond donors (Lipinski definition) is 0. The molecule has 1 aliphatic heterocycles. The molecule has 23 heavy (non-hydrogen) atoms. The number of hydrogen-bond acceptors (Lipinski definition) is 5. The van der Waals surface area contributed by atoms with Crippen molar-refractivity contribution in [3.05, 3.63) is 48.5 Å². The number of sulfone groups is 1. The Hall–Kier alpha value is -2.22. The monoisotopic (exact) mass is 334 g/mol. The Labute approximate surface area is 134 Å². The molecule has 1 amide bonds. The molecule has 1 aromatic carbocycles. The lowest BCUT2D eigenvalue weighted by molar-refractivity contribution is -0.131. The van der Waals surface area contributed by atoms with Crippen LogP contribution >= 0.6 is 0 Å². The fourth-order valence-corrected chi connectivity index (χ4v) is 4.58. The van der Waals surface area contributed by atoms with Crippen molar-refractivity contribution in [2.75, 3.05) is 18.8 Å². The zero-order valence-electron chi connectivity index (χ0n) is 12.6. The molecular weight excluding hydrogens is 316 g/mol. The average molecular weight is 334 g/mol. The molecule has 1 saturated heterocycles. The SMILES string of the molecule is O=C(Cn1cncn1)N1CC[C@@H](c2ccccc2)S(=O)(=O)CC1. The minimum atomic E-state index is -3.27. The van der Waals surface area contributed by atoms with E-state index in [0.717, 1.165) is 5.56 Å². The summed E-state index contributed by atoms with van der Waals surface area (Å²) >= 11 is 0. The maximum absolute atomic E-state index is 12.5. The normalized spacial score (nSPS) is 20.9. The summed E-state index contributed by atoms with van der Waals surface area (Å²) in [7, 11) is -3.27. The van der Waals surface area contributed by atoms with Gasteiger partial charge in [0.25, 0.3) is 0 Å². The lowest BCUT2D eigenvalue weighted by atomic mass is 10.1. The van der Waals surface area contributed by atoms with Crippen LogP contribution in [0, 0.1) is 0 Å². The van der Waals surface area contributed by atoms with Crippen LogP contribution in [0.5, 0.6) is 0 Å². The van der Waals surface area contributed by atoms with Gasteiger partial charge in [-0.15, -0.1) is 0 Å². The Balaban J connectivity index is 1.73. The molecule has 1 aliphatic rings. The number of aromatic nitrogens is 3. The maximum Gasteiger partial charge on any atom is 0.244 e. The number of benzene rings is 1. The summed E-state index contributed by atoms with van der Waals surface area (Å²) < 4.78 is 26.5. The third kappa shape index (κ3) is 3.58. The summed E-state index contributed by atoms with van der Waals surface area (Å²) in [5.41, 5.74) is 0.790. The highest BCUT2D eigenvalue weighted by Crippen LogP contribution is 2.29. The highest BCUT2D eigenvalue weighted by Gasteiger charge is 2.32. The van der Waals surface area contributed by atoms with Gasteiger partial charge in [0.1, 0.15) is 19.2 Å². The molecule has 8 heteroatoms. The molecule has 7 nitrogen and oxygen atoms in total. The van der Waals surface area contributed by atoms with Crippen molar-refractivity contribution in [1.82, 2.24) is 19.7 Å². The smallest absolute Gasteiger partial charge is 0.244 e. The van der Waals surface area contributed by atoms with Gasteiger partial charge in [0, 0.05) is 13.1 Å². The van der Waals surface area contributed by atoms with Crippen LogP contribution in [0.2, 0.25) is 0 Å². The molecule has 0 saturated carbocycles. The van der Waals surface area contributed by atoms with E-state index in [1.54, 1.807) is 4.90 Å². The van der Waals surface area contributed by atoms with Crippen molar-refractivity contribution in [1.29, 1.82) is 0 Å². The van der Waals surface area contributed by atoms with E-state index in [1.165, 1.54) is 17.3 Å². The standard InChI is InChI=1S/C15H18N4O3S/c20-15(10-19-12-16-11-17-19)18-7-6-14(23(21,22)9-8-18)13-4-2-1-3-5-13/h1-5,11-12,14H,6-10H2/t14-/m0/s1. The fraction of sp³-hybridized carbons (Fsp3) is 0.400. The third-order valence-electron chi connectivity index (χ3n) is 4.03. The number of nitrogens with zero attached hydrogens (tertiary/aromatic N) is 4. The van der Waals surface area contributed by atoms with Crippen molar-refractivity contribution in [2.45, 2.75) is 18.2 Å². The van der Waals surface area contributed by atoms with Gasteiger partial charge in [-0.2, -0.15) is 5.10 Å². The molecule has 0 aliphatic carbocycles. The molecule has 3 rings (SSSR count). The Bertz CT molecular complexity index is 759. The Morgan fingerprint density at radius 1 is 1.22 bits per heavy atom. The van der Waals surface area contributed by atoms with Gasteiger partial charge in [-0.3, -0.25) is 4.79 Å². The number of rotatable bonds is 3. The van der Waals surface area contributed by atoms with E-state index >= 15 is 0 Å². The third-order valence-corrected chi connectivity index (χ3v) is 6.15. The Morgan fingerprint density at radius 2 is 2.00 bits per heavy atom. The first-order valence-corrected chi connectivity index (χ1v) is 9.14. The molecule has 0 unspecified atom stereocenters. The van der Waals surface area contributed by atoms with Crippen LogP contribution in [0.15, 0.2) is 43.0 Å². The second kappa shape index (κ2) is 6.49. The van der Waals surface area contributed by atoms with Gasteiger partial charge in [-0.05, 0) is 12.0 Å². The van der Waals surface area contributed by atoms with E-state index in [0.29, 0.717) is 13.0 Å². The molecule has 1 fully saturated rings. The predicted molar refractivity (Wildman–Crippen MR) is 84.2 cm³/mol. The first kappa shape index (κ1) is 15.7. The van der Waals surface area contributed by atoms with Crippen LogP contribution in [0.4, 0.5) is 0 Å². The van der Waals surface area contributed by atoms with E-state index in [9.17, 15) is 13.2 Å². The van der Waals surface area contributed by atoms with Gasteiger partial charge >= 0.3 is 0 Å². The maximum atomic E-state index is 12.5. The molecule has 0 bridgehead atoms. The molecule has 2 heterocycles. The van der Waals surface area contributed by atoms with Crippen LogP contribution < -0.4 is 0 Å². The second-order valence-electron chi connectivity index (χ2n) is 5.53. The average Bonchev–Trinajstić information content (AvgIpc) is 2.98. The van der Waals surface area contributed by atoms with Crippen molar-refractivity contribution in [3.8, 4) is 0 Å². The lowest BCUT2D eigenvalue weighted by Gasteiger charge is -2.19. The van der Waals surface area contributed by atoms with E-state index in [4.69, 9.17) is 0 Å². The van der Waals surface area contributed by atoms with Gasteiger partial charge in [0.15, 0.2) is 9.84 Å². The van der Waals surface area contributed by atoms with Crippen molar-refractivity contribution in [2.24, 2.45) is 0 Å². The summed E-state index contributed by atoms with van der Waals surface area (Å²) in [6, 6.07) is 9.19. The fourth-order valence-electron chi connectivity index (χ4n) is 2.79. The first-order chi connectivity index (χ1) is 11.1. The molecule has 122 valence electrons. The highest BCUT2D eigenvalue weighted by atomic mass is 32.2. The van der Waals surface area contributed by atoms with E-state index in [-0.39, 0.29) is 24.7 Å². The van der Waals surface area contributed by atoms with Crippen LogP contribution in [-0.2, 0) is 21.2 Å². The van der Waals surface area contributed by atoms with Crippen molar-refractivity contribution >= 4 is 15.7 Å². The molecule has 2 aromatic rings. The van der Waals surface area contributed by atoms with E-state index in [1.807, 2.05) is 30.3 Å². The summed E-state index contributed by atoms with van der Waals surface area (Å²) in [5.74, 6) is -0.158. The number of carbonyl (C=O) groups is 1. The zero-order valence-corrected chi connectivity index (χ0v) is 13.4. The van der Waals surface area contributed by atoms with Crippen LogP contribution in [0.3, 0.4) is 0 Å². The molecular formula is C15H18N4O3S. The predicted octanol–water partition coefficient (Wildman–Crippen LogP) is 0.667. The summed E-state index contributed by atoms with van der Waals surface area (Å²) in [6.45, 7) is 0.724. The second-order valence-corrected chi connectivity index (χ2v) is 7.83. The summed E-state index contributed by atoms with van der Waals surface area (Å²) in [4.78, 5) is 17.7. The topological polar surface area (TPSA) is 85.2 Å². The van der Waals surface area contributed by atoms with Crippen LogP contribution in [-0.4, -0.2) is 52.8 Å². The minimum Gasteiger partial charge on any atom is -0.340 e. The largest absolute Gasteiger partial charge is 0.340 e. The van der Waals surface area contributed by atoms with Crippen molar-refractivity contribution in [3.63, 3.8) is 0 Å². The van der Waals surface area contributed by atoms with Gasteiger partial charge in [0.2, 0.25) is 5.91 Å². The van der Waals surface area contributed by atoms with Crippen LogP contribution in [0.1, 0.15) is 17.2 Å². The van der Waals surface area contributed by atoms with Gasteiger partial charge < -0.3 is 4.90 Å². The molecule has 1 aromatic heterocycles. The quantitative estimate of drug-likeness (QED) is 0.823. The van der Waals surface area contributed by atoms with Gasteiger partial charge in [-0.1, -0.05) is 30.3 Å². The summed E-state index contributed by atoms with van der Waals surface area (Å²) in [6.07, 6.45) is 3.25. The van der Waals surface area contributed by atoms with Gasteiger partial charge in [-0.25, -0.2) is 18.1 Å². The Morgan fingerprint density at radius 3 is 2.70 bits per heavy atom. The van der Waals surface area contributed by atoms with Crippen LogP contribution in [0.25, 0.3) is 0 Å².